The maximum Gasteiger partial charge on any atom is 0.275 e. The molecule has 0 aromatic carbocycles. The maximum absolute atomic E-state index is 11.7. The van der Waals surface area contributed by atoms with Gasteiger partial charge >= 0.3 is 0 Å². The molecular weight excluding hydrogens is 186 g/mol. The highest BCUT2D eigenvalue weighted by Crippen LogP contribution is 2.30. The molecule has 1 aliphatic heterocycles. The van der Waals surface area contributed by atoms with Crippen LogP contribution in [0.2, 0.25) is 0 Å². The zero-order chi connectivity index (χ0) is 9.47. The highest BCUT2D eigenvalue weighted by molar-refractivity contribution is 6.99. The van der Waals surface area contributed by atoms with Crippen LogP contribution in [0.5, 0.6) is 0 Å². The highest BCUT2D eigenvalue weighted by atomic mass is 32.1. The normalized spacial score (nSPS) is 19.7. The van der Waals surface area contributed by atoms with Crippen molar-refractivity contribution in [1.29, 1.82) is 0 Å². The fourth-order valence-electron chi connectivity index (χ4n) is 1.44. The molecule has 0 unspecified atom stereocenters. The maximum atomic E-state index is 11.7. The molecule has 1 aliphatic rings. The van der Waals surface area contributed by atoms with Gasteiger partial charge in [0, 0.05) is 12.1 Å². The lowest BCUT2D eigenvalue weighted by molar-refractivity contribution is 0.0153. The Kier molecular flexibility index (Phi) is 1.83. The first-order chi connectivity index (χ1) is 6.11. The molecule has 1 fully saturated rings. The molecule has 13 heavy (non-hydrogen) atoms. The van der Waals surface area contributed by atoms with Crippen LogP contribution in [0.4, 0.5) is 0 Å². The number of hydrogen-bond acceptors (Lipinski definition) is 4. The number of likely N-dealkylation sites (tertiary alicyclic amines) is 1. The number of rotatable bonds is 1. The van der Waals surface area contributed by atoms with E-state index in [1.807, 2.05) is 4.90 Å². The molecule has 1 amide bonds. The second-order valence-electron chi connectivity index (χ2n) is 3.81. The fourth-order valence-corrected chi connectivity index (χ4v) is 1.85. The van der Waals surface area contributed by atoms with E-state index in [9.17, 15) is 4.79 Å². The molecule has 1 aromatic heterocycles. The Hall–Kier alpha value is -0.970. The lowest BCUT2D eigenvalue weighted by atomic mass is 9.88. The van der Waals surface area contributed by atoms with Crippen LogP contribution >= 0.6 is 11.7 Å². The SMILES string of the molecule is CC1(C)CCN1C(=O)c1cnsn1. The Morgan fingerprint density at radius 3 is 2.85 bits per heavy atom. The summed E-state index contributed by atoms with van der Waals surface area (Å²) >= 11 is 1.07. The molecule has 0 spiro atoms. The first-order valence-electron chi connectivity index (χ1n) is 4.21. The van der Waals surface area contributed by atoms with E-state index in [1.54, 1.807) is 0 Å². The smallest absolute Gasteiger partial charge is 0.275 e. The third-order valence-corrected chi connectivity index (χ3v) is 2.98. The summed E-state index contributed by atoms with van der Waals surface area (Å²) in [6, 6.07) is 0. The summed E-state index contributed by atoms with van der Waals surface area (Å²) in [6.45, 7) is 4.96. The van der Waals surface area contributed by atoms with E-state index in [-0.39, 0.29) is 11.4 Å². The quantitative estimate of drug-likeness (QED) is 0.678. The molecule has 2 heterocycles. The number of carbonyl (C=O) groups is 1. The molecule has 70 valence electrons. The van der Waals surface area contributed by atoms with Crippen LogP contribution in [0.1, 0.15) is 30.8 Å². The summed E-state index contributed by atoms with van der Waals surface area (Å²) in [7, 11) is 0. The first kappa shape index (κ1) is 8.62. The lowest BCUT2D eigenvalue weighted by Gasteiger charge is -2.48. The van der Waals surface area contributed by atoms with Gasteiger partial charge in [-0.15, -0.1) is 0 Å². The first-order valence-corrected chi connectivity index (χ1v) is 4.94. The number of amides is 1. The fraction of sp³-hybridized carbons (Fsp3) is 0.625. The molecule has 0 radical (unpaired) electrons. The number of nitrogens with zero attached hydrogens (tertiary/aromatic N) is 3. The third-order valence-electron chi connectivity index (χ3n) is 2.50. The van der Waals surface area contributed by atoms with Gasteiger partial charge in [0.25, 0.3) is 5.91 Å². The predicted octanol–water partition coefficient (Wildman–Crippen LogP) is 1.16. The van der Waals surface area contributed by atoms with Crippen molar-refractivity contribution in [3.8, 4) is 0 Å². The van der Waals surface area contributed by atoms with Gasteiger partial charge in [0.15, 0.2) is 5.69 Å². The highest BCUT2D eigenvalue weighted by Gasteiger charge is 2.40. The van der Waals surface area contributed by atoms with E-state index >= 15 is 0 Å². The van der Waals surface area contributed by atoms with Crippen molar-refractivity contribution in [2.75, 3.05) is 6.54 Å². The van der Waals surface area contributed by atoms with Gasteiger partial charge in [-0.3, -0.25) is 4.79 Å². The minimum absolute atomic E-state index is 0.000694. The standard InChI is InChI=1S/C8H11N3OS/c1-8(2)3-4-11(8)7(12)6-5-9-13-10-6/h5H,3-4H2,1-2H3. The largest absolute Gasteiger partial charge is 0.332 e. The molecule has 0 bridgehead atoms. The Bertz CT molecular complexity index is 320. The van der Waals surface area contributed by atoms with Crippen molar-refractivity contribution in [2.45, 2.75) is 25.8 Å². The van der Waals surface area contributed by atoms with E-state index in [2.05, 4.69) is 22.6 Å². The zero-order valence-corrected chi connectivity index (χ0v) is 8.47. The molecule has 0 atom stereocenters. The Labute approximate surface area is 80.9 Å². The molecule has 5 heteroatoms. The zero-order valence-electron chi connectivity index (χ0n) is 7.65. The van der Waals surface area contributed by atoms with Crippen molar-refractivity contribution < 1.29 is 4.79 Å². The van der Waals surface area contributed by atoms with Crippen LogP contribution in [-0.4, -0.2) is 31.6 Å². The summed E-state index contributed by atoms with van der Waals surface area (Å²) in [5.41, 5.74) is 0.471. The molecule has 4 nitrogen and oxygen atoms in total. The molecule has 1 aromatic rings. The van der Waals surface area contributed by atoms with Gasteiger partial charge in [-0.25, -0.2) is 0 Å². The van der Waals surface area contributed by atoms with Gasteiger partial charge in [0.1, 0.15) is 0 Å². The number of carbonyl (C=O) groups excluding carboxylic acids is 1. The summed E-state index contributed by atoms with van der Waals surface area (Å²) in [5.74, 6) is 0.00463. The monoisotopic (exact) mass is 197 g/mol. The van der Waals surface area contributed by atoms with E-state index in [1.165, 1.54) is 6.20 Å². The van der Waals surface area contributed by atoms with E-state index in [0.717, 1.165) is 24.7 Å². The van der Waals surface area contributed by atoms with Crippen molar-refractivity contribution in [3.05, 3.63) is 11.9 Å². The molecular formula is C8H11N3OS. The topological polar surface area (TPSA) is 46.1 Å². The van der Waals surface area contributed by atoms with Crippen LogP contribution < -0.4 is 0 Å². The predicted molar refractivity (Wildman–Crippen MR) is 49.6 cm³/mol. The van der Waals surface area contributed by atoms with Gasteiger partial charge in [-0.2, -0.15) is 8.75 Å². The van der Waals surface area contributed by atoms with Gasteiger partial charge in [-0.1, -0.05) is 0 Å². The number of hydrogen-bond donors (Lipinski definition) is 0. The van der Waals surface area contributed by atoms with Gasteiger partial charge in [0.05, 0.1) is 17.9 Å². The van der Waals surface area contributed by atoms with E-state index < -0.39 is 0 Å². The van der Waals surface area contributed by atoms with Crippen molar-refractivity contribution >= 4 is 17.6 Å². The Balaban J connectivity index is 2.15. The molecule has 0 N–H and O–H groups in total. The minimum atomic E-state index is 0.000694. The minimum Gasteiger partial charge on any atom is -0.332 e. The molecule has 2 rings (SSSR count). The van der Waals surface area contributed by atoms with Crippen molar-refractivity contribution in [3.63, 3.8) is 0 Å². The van der Waals surface area contributed by atoms with Gasteiger partial charge in [-0.05, 0) is 20.3 Å². The average molecular weight is 197 g/mol. The Morgan fingerprint density at radius 2 is 2.46 bits per heavy atom. The summed E-state index contributed by atoms with van der Waals surface area (Å²) in [6.07, 6.45) is 2.59. The van der Waals surface area contributed by atoms with E-state index in [4.69, 9.17) is 0 Å². The second kappa shape index (κ2) is 2.77. The van der Waals surface area contributed by atoms with Crippen LogP contribution in [0.15, 0.2) is 6.20 Å². The summed E-state index contributed by atoms with van der Waals surface area (Å²) < 4.78 is 7.74. The van der Waals surface area contributed by atoms with Crippen LogP contribution in [-0.2, 0) is 0 Å². The Morgan fingerprint density at radius 1 is 1.69 bits per heavy atom. The van der Waals surface area contributed by atoms with Crippen LogP contribution in [0.25, 0.3) is 0 Å². The van der Waals surface area contributed by atoms with E-state index in [0.29, 0.717) is 5.69 Å². The molecule has 0 aliphatic carbocycles. The van der Waals surface area contributed by atoms with Crippen molar-refractivity contribution in [2.24, 2.45) is 0 Å². The summed E-state index contributed by atoms with van der Waals surface area (Å²) in [4.78, 5) is 13.6. The van der Waals surface area contributed by atoms with Gasteiger partial charge in [0.2, 0.25) is 0 Å². The third kappa shape index (κ3) is 1.33. The van der Waals surface area contributed by atoms with Crippen LogP contribution in [0, 0.1) is 0 Å². The van der Waals surface area contributed by atoms with Crippen LogP contribution in [0.3, 0.4) is 0 Å². The second-order valence-corrected chi connectivity index (χ2v) is 4.37. The average Bonchev–Trinajstić information content (AvgIpc) is 2.54. The number of aromatic nitrogens is 2. The molecule has 0 saturated carbocycles. The summed E-state index contributed by atoms with van der Waals surface area (Å²) in [5, 5.41) is 0. The lowest BCUT2D eigenvalue weighted by Crippen LogP contribution is -2.58. The van der Waals surface area contributed by atoms with Crippen molar-refractivity contribution in [1.82, 2.24) is 13.6 Å². The molecule has 1 saturated heterocycles. The van der Waals surface area contributed by atoms with Gasteiger partial charge < -0.3 is 4.90 Å².